The van der Waals surface area contributed by atoms with Crippen LogP contribution < -0.4 is 10.6 Å². The van der Waals surface area contributed by atoms with Crippen LogP contribution in [0.3, 0.4) is 0 Å². The summed E-state index contributed by atoms with van der Waals surface area (Å²) in [6.07, 6.45) is 5.05. The summed E-state index contributed by atoms with van der Waals surface area (Å²) < 4.78 is 5.33. The fourth-order valence-electron chi connectivity index (χ4n) is 3.20. The molecule has 1 amide bonds. The molecule has 4 heteroatoms. The number of nitrogens with one attached hydrogen (secondary N) is 2. The van der Waals surface area contributed by atoms with E-state index in [1.54, 1.807) is 0 Å². The molecule has 104 valence electrons. The van der Waals surface area contributed by atoms with Crippen LogP contribution in [0.5, 0.6) is 0 Å². The van der Waals surface area contributed by atoms with Crippen LogP contribution in [0.25, 0.3) is 0 Å². The third-order valence-corrected chi connectivity index (χ3v) is 3.97. The SMILES string of the molecule is CC(C)(C)OC(=O)N[C@H]1CNC[C@H]1C1CCCC1. The molecule has 2 atom stereocenters. The second-order valence-corrected chi connectivity index (χ2v) is 6.62. The molecule has 0 aromatic heterocycles. The number of carbonyl (C=O) groups is 1. The van der Waals surface area contributed by atoms with Gasteiger partial charge in [-0.15, -0.1) is 0 Å². The highest BCUT2D eigenvalue weighted by Crippen LogP contribution is 2.34. The van der Waals surface area contributed by atoms with E-state index in [0.29, 0.717) is 5.92 Å². The van der Waals surface area contributed by atoms with Gasteiger partial charge in [-0.1, -0.05) is 25.7 Å². The van der Waals surface area contributed by atoms with Crippen LogP contribution in [0.15, 0.2) is 0 Å². The maximum atomic E-state index is 11.8. The minimum Gasteiger partial charge on any atom is -0.444 e. The predicted molar refractivity (Wildman–Crippen MR) is 71.5 cm³/mol. The number of hydrogen-bond donors (Lipinski definition) is 2. The van der Waals surface area contributed by atoms with Crippen LogP contribution in [0.2, 0.25) is 0 Å². The van der Waals surface area contributed by atoms with Crippen molar-refractivity contribution in [3.05, 3.63) is 0 Å². The van der Waals surface area contributed by atoms with E-state index in [1.165, 1.54) is 25.7 Å². The van der Waals surface area contributed by atoms with Crippen molar-refractivity contribution in [1.29, 1.82) is 0 Å². The first-order chi connectivity index (χ1) is 8.46. The minimum absolute atomic E-state index is 0.239. The number of hydrogen-bond acceptors (Lipinski definition) is 3. The number of carbonyl (C=O) groups excluding carboxylic acids is 1. The molecule has 1 heterocycles. The molecule has 2 aliphatic rings. The molecule has 0 spiro atoms. The zero-order valence-corrected chi connectivity index (χ0v) is 11.8. The van der Waals surface area contributed by atoms with Crippen molar-refractivity contribution in [3.63, 3.8) is 0 Å². The van der Waals surface area contributed by atoms with Gasteiger partial charge in [0.2, 0.25) is 0 Å². The maximum absolute atomic E-state index is 11.8. The molecule has 1 saturated carbocycles. The van der Waals surface area contributed by atoms with Gasteiger partial charge in [0.15, 0.2) is 0 Å². The molecule has 2 rings (SSSR count). The van der Waals surface area contributed by atoms with Gasteiger partial charge in [-0.2, -0.15) is 0 Å². The molecular formula is C14H26N2O2. The van der Waals surface area contributed by atoms with Crippen molar-refractivity contribution >= 4 is 6.09 Å². The average molecular weight is 254 g/mol. The highest BCUT2D eigenvalue weighted by atomic mass is 16.6. The molecule has 1 aliphatic carbocycles. The molecule has 2 N–H and O–H groups in total. The number of amides is 1. The lowest BCUT2D eigenvalue weighted by atomic mass is 9.87. The van der Waals surface area contributed by atoms with Gasteiger partial charge in [-0.25, -0.2) is 4.79 Å². The zero-order chi connectivity index (χ0) is 13.2. The molecular weight excluding hydrogens is 228 g/mol. The summed E-state index contributed by atoms with van der Waals surface area (Å²) in [7, 11) is 0. The summed E-state index contributed by atoms with van der Waals surface area (Å²) in [6.45, 7) is 7.60. The van der Waals surface area contributed by atoms with Crippen molar-refractivity contribution in [1.82, 2.24) is 10.6 Å². The second-order valence-electron chi connectivity index (χ2n) is 6.62. The van der Waals surface area contributed by atoms with Crippen molar-refractivity contribution in [2.45, 2.75) is 58.1 Å². The third-order valence-electron chi connectivity index (χ3n) is 3.97. The van der Waals surface area contributed by atoms with E-state index in [4.69, 9.17) is 4.74 Å². The Kier molecular flexibility index (Phi) is 4.15. The lowest BCUT2D eigenvalue weighted by molar-refractivity contribution is 0.0489. The van der Waals surface area contributed by atoms with Gasteiger partial charge in [0, 0.05) is 19.1 Å². The summed E-state index contributed by atoms with van der Waals surface area (Å²) in [4.78, 5) is 11.8. The number of rotatable bonds is 2. The molecule has 2 fully saturated rings. The van der Waals surface area contributed by atoms with Gasteiger partial charge in [0.25, 0.3) is 0 Å². The molecule has 0 aromatic rings. The van der Waals surface area contributed by atoms with E-state index >= 15 is 0 Å². The fourth-order valence-corrected chi connectivity index (χ4v) is 3.20. The normalized spacial score (nSPS) is 29.5. The molecule has 0 bridgehead atoms. The molecule has 0 unspecified atom stereocenters. The first-order valence-electron chi connectivity index (χ1n) is 7.16. The molecule has 0 aromatic carbocycles. The Bertz CT molecular complexity index is 293. The van der Waals surface area contributed by atoms with Gasteiger partial charge < -0.3 is 15.4 Å². The van der Waals surface area contributed by atoms with E-state index in [1.807, 2.05) is 20.8 Å². The maximum Gasteiger partial charge on any atom is 0.407 e. The monoisotopic (exact) mass is 254 g/mol. The Hall–Kier alpha value is -0.770. The Morgan fingerprint density at radius 2 is 1.89 bits per heavy atom. The Morgan fingerprint density at radius 3 is 2.50 bits per heavy atom. The number of alkyl carbamates (subject to hydrolysis) is 1. The van der Waals surface area contributed by atoms with Crippen LogP contribution in [0.4, 0.5) is 4.79 Å². The summed E-state index contributed by atoms with van der Waals surface area (Å²) in [6, 6.07) is 0.239. The summed E-state index contributed by atoms with van der Waals surface area (Å²) >= 11 is 0. The van der Waals surface area contributed by atoms with E-state index in [-0.39, 0.29) is 12.1 Å². The lowest BCUT2D eigenvalue weighted by Gasteiger charge is -2.27. The van der Waals surface area contributed by atoms with Gasteiger partial charge in [-0.05, 0) is 32.6 Å². The summed E-state index contributed by atoms with van der Waals surface area (Å²) in [5.74, 6) is 1.36. The predicted octanol–water partition coefficient (Wildman–Crippen LogP) is 2.29. The van der Waals surface area contributed by atoms with Gasteiger partial charge >= 0.3 is 6.09 Å². The first-order valence-corrected chi connectivity index (χ1v) is 7.16. The van der Waals surface area contributed by atoms with Gasteiger partial charge in [-0.3, -0.25) is 0 Å². The fraction of sp³-hybridized carbons (Fsp3) is 0.929. The van der Waals surface area contributed by atoms with Crippen molar-refractivity contribution in [2.75, 3.05) is 13.1 Å². The van der Waals surface area contributed by atoms with Crippen molar-refractivity contribution < 1.29 is 9.53 Å². The Balaban J connectivity index is 1.85. The van der Waals surface area contributed by atoms with Crippen LogP contribution in [0.1, 0.15) is 46.5 Å². The standard InChI is InChI=1S/C14H26N2O2/c1-14(2,3)18-13(17)16-12-9-15-8-11(12)10-6-4-5-7-10/h10-12,15H,4-9H2,1-3H3,(H,16,17)/t11-,12-/m0/s1. The third kappa shape index (κ3) is 3.61. The molecule has 18 heavy (non-hydrogen) atoms. The molecule has 1 saturated heterocycles. The van der Waals surface area contributed by atoms with Crippen LogP contribution in [0, 0.1) is 11.8 Å². The molecule has 4 nitrogen and oxygen atoms in total. The van der Waals surface area contributed by atoms with E-state index < -0.39 is 5.60 Å². The van der Waals surface area contributed by atoms with E-state index in [9.17, 15) is 4.79 Å². The zero-order valence-electron chi connectivity index (χ0n) is 11.8. The van der Waals surface area contributed by atoms with E-state index in [2.05, 4.69) is 10.6 Å². The minimum atomic E-state index is -0.418. The van der Waals surface area contributed by atoms with Crippen molar-refractivity contribution in [3.8, 4) is 0 Å². The summed E-state index contributed by atoms with van der Waals surface area (Å²) in [5, 5.41) is 6.44. The molecule has 1 aliphatic heterocycles. The van der Waals surface area contributed by atoms with Crippen molar-refractivity contribution in [2.24, 2.45) is 11.8 Å². The van der Waals surface area contributed by atoms with Crippen LogP contribution in [-0.2, 0) is 4.74 Å². The van der Waals surface area contributed by atoms with E-state index in [0.717, 1.165) is 19.0 Å². The first kappa shape index (κ1) is 13.7. The largest absolute Gasteiger partial charge is 0.444 e. The van der Waals surface area contributed by atoms with Gasteiger partial charge in [0.1, 0.15) is 5.60 Å². The Labute approximate surface area is 110 Å². The quantitative estimate of drug-likeness (QED) is 0.795. The highest BCUT2D eigenvalue weighted by molar-refractivity contribution is 5.68. The van der Waals surface area contributed by atoms with Crippen LogP contribution in [-0.4, -0.2) is 30.8 Å². The average Bonchev–Trinajstić information content (AvgIpc) is 2.82. The lowest BCUT2D eigenvalue weighted by Crippen LogP contribution is -2.44. The highest BCUT2D eigenvalue weighted by Gasteiger charge is 2.36. The molecule has 0 radical (unpaired) electrons. The van der Waals surface area contributed by atoms with Crippen LogP contribution >= 0.6 is 0 Å². The summed E-state index contributed by atoms with van der Waals surface area (Å²) in [5.41, 5.74) is -0.418. The topological polar surface area (TPSA) is 50.4 Å². The smallest absolute Gasteiger partial charge is 0.407 e. The van der Waals surface area contributed by atoms with Gasteiger partial charge in [0.05, 0.1) is 0 Å². The Morgan fingerprint density at radius 1 is 1.22 bits per heavy atom. The number of ether oxygens (including phenoxy) is 1. The second kappa shape index (κ2) is 5.47.